The molecule has 6 heteroatoms. The molecule has 3 rings (SSSR count). The zero-order chi connectivity index (χ0) is 15.6. The van der Waals surface area contributed by atoms with E-state index in [4.69, 9.17) is 9.47 Å². The summed E-state index contributed by atoms with van der Waals surface area (Å²) in [6.07, 6.45) is 6.03. The summed E-state index contributed by atoms with van der Waals surface area (Å²) < 4.78 is 13.5. The van der Waals surface area contributed by atoms with Crippen LogP contribution in [0.3, 0.4) is 0 Å². The van der Waals surface area contributed by atoms with Gasteiger partial charge in [0.15, 0.2) is 5.79 Å². The average molecular weight is 307 g/mol. The van der Waals surface area contributed by atoms with Crippen molar-refractivity contribution >= 4 is 6.03 Å². The van der Waals surface area contributed by atoms with Crippen LogP contribution in [0.4, 0.5) is 4.79 Å². The van der Waals surface area contributed by atoms with Crippen molar-refractivity contribution in [3.63, 3.8) is 0 Å². The van der Waals surface area contributed by atoms with Gasteiger partial charge in [0.2, 0.25) is 0 Å². The highest BCUT2D eigenvalue weighted by molar-refractivity contribution is 5.74. The first kappa shape index (κ1) is 15.4. The molecule has 0 bridgehead atoms. The van der Waals surface area contributed by atoms with Gasteiger partial charge in [0, 0.05) is 45.0 Å². The number of aromatic nitrogens is 1. The predicted octanol–water partition coefficient (Wildman–Crippen LogP) is 1.71. The fourth-order valence-corrected chi connectivity index (χ4v) is 3.31. The van der Waals surface area contributed by atoms with Crippen LogP contribution in [0, 0.1) is 5.92 Å². The molecule has 0 aliphatic carbocycles. The number of rotatable bonds is 3. The molecule has 2 saturated heterocycles. The number of aryl methyl sites for hydroxylation is 1. The number of amides is 2. The Balaban J connectivity index is 1.53. The molecule has 1 aromatic rings. The Kier molecular flexibility index (Phi) is 4.40. The van der Waals surface area contributed by atoms with Crippen molar-refractivity contribution in [3.05, 3.63) is 24.0 Å². The highest BCUT2D eigenvalue weighted by atomic mass is 16.7. The maximum Gasteiger partial charge on any atom is 0.317 e. The number of nitrogens with one attached hydrogen (secondary N) is 1. The molecule has 2 amide bonds. The largest absolute Gasteiger partial charge is 0.357 e. The fraction of sp³-hybridized carbons (Fsp3) is 0.688. The molecule has 3 heterocycles. The fourth-order valence-electron chi connectivity index (χ4n) is 3.31. The van der Waals surface area contributed by atoms with Crippen LogP contribution in [0.5, 0.6) is 0 Å². The van der Waals surface area contributed by atoms with E-state index in [9.17, 15) is 4.79 Å². The Morgan fingerprint density at radius 1 is 1.45 bits per heavy atom. The van der Waals surface area contributed by atoms with Gasteiger partial charge in [-0.15, -0.1) is 0 Å². The van der Waals surface area contributed by atoms with Crippen LogP contribution in [0.15, 0.2) is 18.5 Å². The Morgan fingerprint density at radius 3 is 2.91 bits per heavy atom. The zero-order valence-electron chi connectivity index (χ0n) is 13.4. The quantitative estimate of drug-likeness (QED) is 0.925. The number of carbonyl (C=O) groups excluding carboxylic acids is 1. The van der Waals surface area contributed by atoms with E-state index in [1.807, 2.05) is 41.9 Å². The molecular formula is C16H25N3O3. The van der Waals surface area contributed by atoms with Crippen molar-refractivity contribution in [2.24, 2.45) is 13.0 Å². The van der Waals surface area contributed by atoms with Gasteiger partial charge in [0.05, 0.1) is 13.2 Å². The third kappa shape index (κ3) is 3.28. The van der Waals surface area contributed by atoms with E-state index in [1.165, 1.54) is 0 Å². The van der Waals surface area contributed by atoms with Gasteiger partial charge in [-0.1, -0.05) is 0 Å². The normalized spacial score (nSPS) is 24.5. The van der Waals surface area contributed by atoms with Crippen molar-refractivity contribution in [1.29, 1.82) is 0 Å². The smallest absolute Gasteiger partial charge is 0.317 e. The van der Waals surface area contributed by atoms with E-state index < -0.39 is 5.79 Å². The van der Waals surface area contributed by atoms with Crippen molar-refractivity contribution in [1.82, 2.24) is 14.8 Å². The first-order chi connectivity index (χ1) is 10.6. The first-order valence-corrected chi connectivity index (χ1v) is 7.98. The van der Waals surface area contributed by atoms with Crippen LogP contribution >= 0.6 is 0 Å². The molecule has 122 valence electrons. The van der Waals surface area contributed by atoms with E-state index in [1.54, 1.807) is 0 Å². The van der Waals surface area contributed by atoms with Gasteiger partial charge < -0.3 is 24.3 Å². The third-order valence-corrected chi connectivity index (χ3v) is 4.65. The van der Waals surface area contributed by atoms with Gasteiger partial charge in [0.25, 0.3) is 0 Å². The summed E-state index contributed by atoms with van der Waals surface area (Å²) in [5, 5.41) is 3.00. The van der Waals surface area contributed by atoms with E-state index in [0.29, 0.717) is 26.3 Å². The predicted molar refractivity (Wildman–Crippen MR) is 82.3 cm³/mol. The maximum absolute atomic E-state index is 12.4. The molecule has 6 nitrogen and oxygen atoms in total. The molecule has 1 aromatic heterocycles. The molecule has 2 fully saturated rings. The lowest BCUT2D eigenvalue weighted by Crippen LogP contribution is -2.51. The molecule has 1 N–H and O–H groups in total. The van der Waals surface area contributed by atoms with E-state index in [2.05, 4.69) is 5.32 Å². The van der Waals surface area contributed by atoms with Crippen LogP contribution in [-0.2, 0) is 23.1 Å². The minimum absolute atomic E-state index is 0.00449. The number of hydrogen-bond acceptors (Lipinski definition) is 3. The second kappa shape index (κ2) is 6.30. The molecule has 2 aliphatic rings. The van der Waals surface area contributed by atoms with Crippen LogP contribution in [-0.4, -0.2) is 47.6 Å². The summed E-state index contributed by atoms with van der Waals surface area (Å²) in [7, 11) is 1.98. The monoisotopic (exact) mass is 307 g/mol. The van der Waals surface area contributed by atoms with Crippen molar-refractivity contribution in [2.45, 2.75) is 32.1 Å². The Morgan fingerprint density at radius 2 is 2.23 bits per heavy atom. The minimum atomic E-state index is -0.529. The molecule has 2 aliphatic heterocycles. The van der Waals surface area contributed by atoms with E-state index in [-0.39, 0.29) is 11.9 Å². The van der Waals surface area contributed by atoms with Gasteiger partial charge >= 0.3 is 6.03 Å². The highest BCUT2D eigenvalue weighted by Gasteiger charge is 2.42. The summed E-state index contributed by atoms with van der Waals surface area (Å²) in [5.41, 5.74) is 1.11. The molecule has 0 radical (unpaired) electrons. The van der Waals surface area contributed by atoms with E-state index in [0.717, 1.165) is 24.9 Å². The number of hydrogen-bond donors (Lipinski definition) is 1. The van der Waals surface area contributed by atoms with Gasteiger partial charge in [-0.25, -0.2) is 4.79 Å². The number of piperidine rings is 1. The zero-order valence-corrected chi connectivity index (χ0v) is 13.4. The van der Waals surface area contributed by atoms with E-state index >= 15 is 0 Å². The summed E-state index contributed by atoms with van der Waals surface area (Å²) in [6.45, 7) is 5.34. The minimum Gasteiger partial charge on any atom is -0.357 e. The summed E-state index contributed by atoms with van der Waals surface area (Å²) in [5.74, 6) is -0.288. The number of carbonyl (C=O) groups is 1. The van der Waals surface area contributed by atoms with Crippen LogP contribution in [0.1, 0.15) is 25.3 Å². The summed E-state index contributed by atoms with van der Waals surface area (Å²) in [4.78, 5) is 14.3. The van der Waals surface area contributed by atoms with Crippen molar-refractivity contribution in [2.75, 3.05) is 26.3 Å². The highest BCUT2D eigenvalue weighted by Crippen LogP contribution is 2.34. The Bertz CT molecular complexity index is 522. The Hall–Kier alpha value is -1.53. The second-order valence-electron chi connectivity index (χ2n) is 6.34. The van der Waals surface area contributed by atoms with Gasteiger partial charge in [-0.2, -0.15) is 0 Å². The first-order valence-electron chi connectivity index (χ1n) is 7.98. The maximum atomic E-state index is 12.4. The SMILES string of the molecule is Cn1ccc(CNC(=O)N2CCC[C@@H](C3(C)OCCO3)C2)c1. The average Bonchev–Trinajstić information content (AvgIpc) is 3.14. The second-order valence-corrected chi connectivity index (χ2v) is 6.34. The van der Waals surface area contributed by atoms with Crippen molar-refractivity contribution < 1.29 is 14.3 Å². The molecule has 0 spiro atoms. The molecule has 0 saturated carbocycles. The lowest BCUT2D eigenvalue weighted by atomic mass is 9.90. The van der Waals surface area contributed by atoms with Crippen LogP contribution in [0.25, 0.3) is 0 Å². The summed E-state index contributed by atoms with van der Waals surface area (Å²) in [6, 6.07) is 2.01. The number of ether oxygens (including phenoxy) is 2. The number of likely N-dealkylation sites (tertiary alicyclic amines) is 1. The summed E-state index contributed by atoms with van der Waals surface area (Å²) >= 11 is 0. The van der Waals surface area contributed by atoms with Crippen LogP contribution in [0.2, 0.25) is 0 Å². The van der Waals surface area contributed by atoms with Gasteiger partial charge in [-0.3, -0.25) is 0 Å². The molecule has 1 atom stereocenters. The number of nitrogens with zero attached hydrogens (tertiary/aromatic N) is 2. The van der Waals surface area contributed by atoms with Gasteiger partial charge in [0.1, 0.15) is 0 Å². The van der Waals surface area contributed by atoms with Crippen LogP contribution < -0.4 is 5.32 Å². The third-order valence-electron chi connectivity index (χ3n) is 4.65. The standard InChI is InChI=1S/C16H25N3O3/c1-16(21-8-9-22-16)14-4-3-6-19(12-14)15(20)17-10-13-5-7-18(2)11-13/h5,7,11,14H,3-4,6,8-10,12H2,1-2H3,(H,17,20)/t14-/m1/s1. The molecular weight excluding hydrogens is 282 g/mol. The van der Waals surface area contributed by atoms with Crippen molar-refractivity contribution in [3.8, 4) is 0 Å². The van der Waals surface area contributed by atoms with Gasteiger partial charge in [-0.05, 0) is 31.4 Å². The molecule has 0 aromatic carbocycles. The number of urea groups is 1. The Labute approximate surface area is 131 Å². The lowest BCUT2D eigenvalue weighted by molar-refractivity contribution is -0.189. The lowest BCUT2D eigenvalue weighted by Gasteiger charge is -2.39. The molecule has 22 heavy (non-hydrogen) atoms. The topological polar surface area (TPSA) is 55.7 Å². The molecule has 0 unspecified atom stereocenters.